The highest BCUT2D eigenvalue weighted by molar-refractivity contribution is 6.33. The van der Waals surface area contributed by atoms with Crippen molar-refractivity contribution in [1.82, 2.24) is 10.5 Å². The molecule has 2 rings (SSSR count). The van der Waals surface area contributed by atoms with E-state index in [1.807, 2.05) is 13.8 Å². The summed E-state index contributed by atoms with van der Waals surface area (Å²) in [6, 6.07) is 4.35. The van der Waals surface area contributed by atoms with Crippen molar-refractivity contribution in [1.29, 1.82) is 0 Å². The van der Waals surface area contributed by atoms with E-state index in [0.29, 0.717) is 12.3 Å². The Morgan fingerprint density at radius 1 is 0.921 bits per heavy atom. The van der Waals surface area contributed by atoms with Crippen molar-refractivity contribution < 1.29 is 18.4 Å². The van der Waals surface area contributed by atoms with E-state index in [2.05, 4.69) is 17.4 Å². The molecular weight excluding hydrogens is 503 g/mol. The third kappa shape index (κ3) is 11.8. The second-order valence-electron chi connectivity index (χ2n) is 10.6. The van der Waals surface area contributed by atoms with E-state index in [4.69, 9.17) is 20.9 Å². The fourth-order valence-corrected chi connectivity index (χ4v) is 4.89. The molecule has 0 aliphatic rings. The maximum absolute atomic E-state index is 14.5. The number of rotatable bonds is 20. The molecule has 5 nitrogen and oxygen atoms in total. The quantitative estimate of drug-likeness (QED) is 0.166. The Morgan fingerprint density at radius 3 is 1.95 bits per heavy atom. The molecule has 214 valence electrons. The zero-order valence-corrected chi connectivity index (χ0v) is 24.5. The molecule has 38 heavy (non-hydrogen) atoms. The van der Waals surface area contributed by atoms with Crippen LogP contribution >= 0.6 is 11.6 Å². The third-order valence-electron chi connectivity index (χ3n) is 6.89. The summed E-state index contributed by atoms with van der Waals surface area (Å²) in [6.45, 7) is 6.56. The van der Waals surface area contributed by atoms with Crippen molar-refractivity contribution in [3.05, 3.63) is 34.8 Å². The molecule has 1 aromatic heterocycles. The number of carbonyl (C=O) groups excluding carboxylic acids is 1. The van der Waals surface area contributed by atoms with Crippen LogP contribution in [-0.4, -0.2) is 17.8 Å². The van der Waals surface area contributed by atoms with Crippen LogP contribution in [0.1, 0.15) is 135 Å². The lowest BCUT2D eigenvalue weighted by molar-refractivity contribution is 0.199. The minimum Gasteiger partial charge on any atom is -0.404 e. The Morgan fingerprint density at radius 2 is 1.45 bits per heavy atom. The Bertz CT molecular complexity index is 912. The van der Waals surface area contributed by atoms with E-state index in [1.165, 1.54) is 102 Å². The summed E-state index contributed by atoms with van der Waals surface area (Å²) in [7, 11) is 0. The molecule has 0 aliphatic heterocycles. The van der Waals surface area contributed by atoms with Gasteiger partial charge < -0.3 is 14.6 Å². The maximum atomic E-state index is 14.5. The van der Waals surface area contributed by atoms with E-state index >= 15 is 0 Å². The Hall–Kier alpha value is -2.08. The standard InChI is InChI=1S/C31H48ClFN2O3/c1-4-5-6-7-8-9-10-11-12-13-14-15-16-17-18-19-23-34-31(36)37-30-28(35-38-29(30)24(2)3)27-25(32)21-20-22-26(27)33/h20-22,24H,4-19,23H2,1-3H3,(H,34,36). The van der Waals surface area contributed by atoms with Crippen molar-refractivity contribution in [2.75, 3.05) is 6.54 Å². The summed E-state index contributed by atoms with van der Waals surface area (Å²) in [4.78, 5) is 12.5. The highest BCUT2D eigenvalue weighted by Gasteiger charge is 2.27. The molecule has 1 heterocycles. The van der Waals surface area contributed by atoms with Crippen molar-refractivity contribution in [2.45, 2.75) is 129 Å². The summed E-state index contributed by atoms with van der Waals surface area (Å²) >= 11 is 6.20. The molecule has 0 atom stereocenters. The number of aromatic nitrogens is 1. The van der Waals surface area contributed by atoms with Crippen molar-refractivity contribution in [3.8, 4) is 17.0 Å². The van der Waals surface area contributed by atoms with Crippen LogP contribution in [0.5, 0.6) is 5.75 Å². The smallest absolute Gasteiger partial charge is 0.404 e. The number of carbonyl (C=O) groups is 1. The maximum Gasteiger partial charge on any atom is 0.412 e. The number of benzene rings is 1. The SMILES string of the molecule is CCCCCCCCCCCCCCCCCCNC(=O)Oc1c(-c2c(F)cccc2Cl)noc1C(C)C. The van der Waals surface area contributed by atoms with E-state index in [1.54, 1.807) is 6.07 Å². The molecule has 0 spiro atoms. The molecule has 0 radical (unpaired) electrons. The number of ether oxygens (including phenoxy) is 1. The molecule has 0 aliphatic carbocycles. The number of amides is 1. The molecule has 2 aromatic rings. The Labute approximate surface area is 234 Å². The molecule has 1 N–H and O–H groups in total. The molecule has 0 bridgehead atoms. The minimum absolute atomic E-state index is 0.0606. The van der Waals surface area contributed by atoms with Crippen molar-refractivity contribution in [3.63, 3.8) is 0 Å². The van der Waals surface area contributed by atoms with E-state index in [-0.39, 0.29) is 27.9 Å². The molecule has 0 saturated carbocycles. The molecule has 7 heteroatoms. The van der Waals surface area contributed by atoms with E-state index in [0.717, 1.165) is 12.8 Å². The lowest BCUT2D eigenvalue weighted by atomic mass is 10.0. The summed E-state index contributed by atoms with van der Waals surface area (Å²) in [5, 5.41) is 6.92. The number of nitrogens with one attached hydrogen (secondary N) is 1. The number of halogens is 2. The Kier molecular flexibility index (Phi) is 16.1. The molecule has 1 amide bonds. The fourth-order valence-electron chi connectivity index (χ4n) is 4.64. The molecule has 0 fully saturated rings. The number of nitrogens with zero attached hydrogens (tertiary/aromatic N) is 1. The molecule has 0 unspecified atom stereocenters. The number of hydrogen-bond donors (Lipinski definition) is 1. The van der Waals surface area contributed by atoms with Gasteiger partial charge in [-0.25, -0.2) is 9.18 Å². The first-order valence-electron chi connectivity index (χ1n) is 14.8. The van der Waals surface area contributed by atoms with Crippen LogP contribution in [0.15, 0.2) is 22.7 Å². The summed E-state index contributed by atoms with van der Waals surface area (Å²) in [5.41, 5.74) is 0.153. The molecule has 0 saturated heterocycles. The van der Waals surface area contributed by atoms with Crippen LogP contribution in [0.4, 0.5) is 9.18 Å². The average molecular weight is 551 g/mol. The van der Waals surface area contributed by atoms with Gasteiger partial charge in [0, 0.05) is 12.5 Å². The normalized spacial score (nSPS) is 11.3. The number of unbranched alkanes of at least 4 members (excludes halogenated alkanes) is 15. The van der Waals surface area contributed by atoms with Gasteiger partial charge in [0.2, 0.25) is 5.75 Å². The van der Waals surface area contributed by atoms with Gasteiger partial charge in [-0.2, -0.15) is 0 Å². The second-order valence-corrected chi connectivity index (χ2v) is 11.0. The summed E-state index contributed by atoms with van der Waals surface area (Å²) in [6.07, 6.45) is 20.3. The van der Waals surface area contributed by atoms with Gasteiger partial charge in [0.1, 0.15) is 5.82 Å². The first kappa shape index (κ1) is 32.1. The fraction of sp³-hybridized carbons (Fsp3) is 0.677. The highest BCUT2D eigenvalue weighted by atomic mass is 35.5. The van der Waals surface area contributed by atoms with Crippen LogP contribution < -0.4 is 10.1 Å². The third-order valence-corrected chi connectivity index (χ3v) is 7.21. The first-order chi connectivity index (χ1) is 18.5. The van der Waals surface area contributed by atoms with Gasteiger partial charge in [0.05, 0.1) is 10.6 Å². The minimum atomic E-state index is -0.607. The lowest BCUT2D eigenvalue weighted by Crippen LogP contribution is -2.28. The van der Waals surface area contributed by atoms with E-state index in [9.17, 15) is 9.18 Å². The summed E-state index contributed by atoms with van der Waals surface area (Å²) in [5.74, 6) is -0.183. The predicted octanol–water partition coefficient (Wildman–Crippen LogP) is 10.6. The van der Waals surface area contributed by atoms with Gasteiger partial charge in [-0.3, -0.25) is 0 Å². The highest BCUT2D eigenvalue weighted by Crippen LogP contribution is 2.40. The van der Waals surface area contributed by atoms with Crippen LogP contribution in [0.25, 0.3) is 11.3 Å². The van der Waals surface area contributed by atoms with Crippen LogP contribution in [0, 0.1) is 5.82 Å². The lowest BCUT2D eigenvalue weighted by Gasteiger charge is -2.10. The monoisotopic (exact) mass is 550 g/mol. The predicted molar refractivity (Wildman–Crippen MR) is 155 cm³/mol. The number of hydrogen-bond acceptors (Lipinski definition) is 4. The van der Waals surface area contributed by atoms with Gasteiger partial charge in [-0.15, -0.1) is 0 Å². The first-order valence-corrected chi connectivity index (χ1v) is 15.2. The molecular formula is C31H48ClFN2O3. The van der Waals surface area contributed by atoms with Crippen LogP contribution in [-0.2, 0) is 0 Å². The van der Waals surface area contributed by atoms with Gasteiger partial charge in [0.15, 0.2) is 11.5 Å². The zero-order chi connectivity index (χ0) is 27.6. The second kappa shape index (κ2) is 19.1. The topological polar surface area (TPSA) is 64.4 Å². The van der Waals surface area contributed by atoms with Crippen molar-refractivity contribution >= 4 is 17.7 Å². The average Bonchev–Trinajstić information content (AvgIpc) is 3.29. The van der Waals surface area contributed by atoms with E-state index < -0.39 is 11.9 Å². The Balaban J connectivity index is 1.57. The van der Waals surface area contributed by atoms with Gasteiger partial charge in [-0.1, -0.05) is 140 Å². The zero-order valence-electron chi connectivity index (χ0n) is 23.8. The largest absolute Gasteiger partial charge is 0.412 e. The van der Waals surface area contributed by atoms with Gasteiger partial charge in [0.25, 0.3) is 0 Å². The molecule has 1 aromatic carbocycles. The van der Waals surface area contributed by atoms with Crippen molar-refractivity contribution in [2.24, 2.45) is 0 Å². The van der Waals surface area contributed by atoms with Crippen LogP contribution in [0.2, 0.25) is 5.02 Å². The summed E-state index contributed by atoms with van der Waals surface area (Å²) < 4.78 is 25.4. The van der Waals surface area contributed by atoms with Gasteiger partial charge in [-0.05, 0) is 18.6 Å². The van der Waals surface area contributed by atoms with Crippen LogP contribution in [0.3, 0.4) is 0 Å². The van der Waals surface area contributed by atoms with Gasteiger partial charge >= 0.3 is 6.09 Å².